The number of hydrogen-bond acceptors (Lipinski definition) is 2. The van der Waals surface area contributed by atoms with Crippen molar-refractivity contribution in [3.05, 3.63) is 0 Å². The molecule has 0 saturated carbocycles. The number of rotatable bonds is 0. The zero-order chi connectivity index (χ0) is 4.50. The summed E-state index contributed by atoms with van der Waals surface area (Å²) in [4.78, 5) is 0. The molecule has 34 valence electrons. The fourth-order valence-corrected chi connectivity index (χ4v) is 0. The summed E-state index contributed by atoms with van der Waals surface area (Å²) in [7, 11) is -4.67. The molecule has 7 heavy (non-hydrogen) atoms. The van der Waals surface area contributed by atoms with Crippen LogP contribution in [0.5, 0.6) is 0 Å². The molecule has 2 radical (unpaired) electrons. The van der Waals surface area contributed by atoms with Gasteiger partial charge in [-0.2, -0.15) is 8.42 Å². The quantitative estimate of drug-likeness (QED) is 0.351. The standard InChI is InChI=1S/2K.H2O4S/c;;1-5(2,3)4/h;;(H2,1,2,3,4). The van der Waals surface area contributed by atoms with Crippen LogP contribution in [0, 0.1) is 0 Å². The summed E-state index contributed by atoms with van der Waals surface area (Å²) in [6.07, 6.45) is 0. The van der Waals surface area contributed by atoms with Crippen molar-refractivity contribution in [3.63, 3.8) is 0 Å². The Morgan fingerprint density at radius 2 is 1.00 bits per heavy atom. The van der Waals surface area contributed by atoms with Gasteiger partial charge < -0.3 is 0 Å². The summed E-state index contributed by atoms with van der Waals surface area (Å²) in [6, 6.07) is 0. The molecule has 4 nitrogen and oxygen atoms in total. The van der Waals surface area contributed by atoms with Gasteiger partial charge >= 0.3 is 10.4 Å². The van der Waals surface area contributed by atoms with E-state index in [1.807, 2.05) is 0 Å². The Labute approximate surface area is 127 Å². The van der Waals surface area contributed by atoms with Gasteiger partial charge in [0.05, 0.1) is 0 Å². The molecule has 0 bridgehead atoms. The molecule has 0 unspecified atom stereocenters. The van der Waals surface area contributed by atoms with Crippen molar-refractivity contribution in [3.8, 4) is 0 Å². The predicted octanol–water partition coefficient (Wildman–Crippen LogP) is -1.41. The molecule has 0 saturated heterocycles. The van der Waals surface area contributed by atoms with Gasteiger partial charge in [0.25, 0.3) is 0 Å². The van der Waals surface area contributed by atoms with E-state index in [1.54, 1.807) is 0 Å². The Kier molecular flexibility index (Phi) is 17.2. The minimum atomic E-state index is -4.67. The van der Waals surface area contributed by atoms with E-state index in [4.69, 9.17) is 17.5 Å². The normalized spacial score (nSPS) is 8.29. The second-order valence-corrected chi connectivity index (χ2v) is 1.34. The van der Waals surface area contributed by atoms with Crippen LogP contribution in [0.25, 0.3) is 0 Å². The first kappa shape index (κ1) is 16.6. The van der Waals surface area contributed by atoms with E-state index in [9.17, 15) is 0 Å². The van der Waals surface area contributed by atoms with Crippen LogP contribution in [0.1, 0.15) is 0 Å². The van der Waals surface area contributed by atoms with Gasteiger partial charge in [-0.25, -0.2) is 0 Å². The van der Waals surface area contributed by atoms with Crippen LogP contribution in [-0.2, 0) is 10.4 Å². The first-order chi connectivity index (χ1) is 2.00. The summed E-state index contributed by atoms with van der Waals surface area (Å²) in [5, 5.41) is 0. The third-order valence-electron chi connectivity index (χ3n) is 0. The summed E-state index contributed by atoms with van der Waals surface area (Å²) in [5.74, 6) is 0. The molecule has 0 aromatic carbocycles. The van der Waals surface area contributed by atoms with Crippen molar-refractivity contribution in [2.45, 2.75) is 0 Å². The van der Waals surface area contributed by atoms with Gasteiger partial charge in [-0.15, -0.1) is 0 Å². The molecule has 0 aromatic heterocycles. The third kappa shape index (κ3) is 47.2. The van der Waals surface area contributed by atoms with Crippen LogP contribution >= 0.6 is 0 Å². The van der Waals surface area contributed by atoms with Crippen molar-refractivity contribution >= 4 is 113 Å². The molecule has 0 aliphatic rings. The van der Waals surface area contributed by atoms with E-state index in [2.05, 4.69) is 0 Å². The zero-order valence-electron chi connectivity index (χ0n) is 4.12. The maximum atomic E-state index is 8.74. The van der Waals surface area contributed by atoms with Gasteiger partial charge in [0.2, 0.25) is 0 Å². The molecule has 0 aliphatic heterocycles. The van der Waals surface area contributed by atoms with Crippen LogP contribution in [-0.4, -0.2) is 120 Å². The van der Waals surface area contributed by atoms with Gasteiger partial charge in [-0.3, -0.25) is 9.11 Å². The average Bonchev–Trinajstić information content (AvgIpc) is 0.722. The van der Waals surface area contributed by atoms with E-state index in [0.29, 0.717) is 0 Å². The summed E-state index contributed by atoms with van der Waals surface area (Å²) >= 11 is 0. The summed E-state index contributed by atoms with van der Waals surface area (Å²) in [6.45, 7) is 0. The molecule has 0 aliphatic carbocycles. The largest absolute Gasteiger partial charge is 0.394 e. The van der Waals surface area contributed by atoms with E-state index in [0.717, 1.165) is 0 Å². The van der Waals surface area contributed by atoms with Crippen LogP contribution in [0.2, 0.25) is 0 Å². The van der Waals surface area contributed by atoms with E-state index >= 15 is 0 Å². The van der Waals surface area contributed by atoms with Crippen LogP contribution in [0.15, 0.2) is 0 Å². The van der Waals surface area contributed by atoms with Crippen molar-refractivity contribution in [2.75, 3.05) is 0 Å². The van der Waals surface area contributed by atoms with Gasteiger partial charge in [-0.05, 0) is 0 Å². The first-order valence-electron chi connectivity index (χ1n) is 0.698. The predicted molar refractivity (Wildman–Crippen MR) is 25.7 cm³/mol. The van der Waals surface area contributed by atoms with Crippen molar-refractivity contribution in [1.82, 2.24) is 0 Å². The average molecular weight is 176 g/mol. The molecule has 0 fully saturated rings. The molecule has 0 amide bonds. The molecule has 0 heterocycles. The van der Waals surface area contributed by atoms with Crippen LogP contribution in [0.4, 0.5) is 0 Å². The van der Waals surface area contributed by atoms with Crippen LogP contribution < -0.4 is 0 Å². The van der Waals surface area contributed by atoms with E-state index in [-0.39, 0.29) is 103 Å². The molecule has 0 atom stereocenters. The number of hydrogen-bond donors (Lipinski definition) is 2. The maximum absolute atomic E-state index is 8.74. The minimum absolute atomic E-state index is 0. The Hall–Kier alpha value is 3.14. The van der Waals surface area contributed by atoms with Gasteiger partial charge in [0.1, 0.15) is 0 Å². The Morgan fingerprint density at radius 3 is 1.00 bits per heavy atom. The second-order valence-electron chi connectivity index (χ2n) is 0.448. The van der Waals surface area contributed by atoms with Crippen molar-refractivity contribution in [1.29, 1.82) is 0 Å². The van der Waals surface area contributed by atoms with Gasteiger partial charge in [0.15, 0.2) is 0 Å². The zero-order valence-corrected chi connectivity index (χ0v) is 11.2. The van der Waals surface area contributed by atoms with Gasteiger partial charge in [-0.1, -0.05) is 0 Å². The molecule has 0 rings (SSSR count). The molecule has 7 heteroatoms. The Bertz CT molecular complexity index is 92.9. The second kappa shape index (κ2) is 7.25. The first-order valence-corrected chi connectivity index (χ1v) is 2.10. The van der Waals surface area contributed by atoms with E-state index in [1.165, 1.54) is 0 Å². The SMILES string of the molecule is O=S(=O)(O)O.[K].[K]. The minimum Gasteiger partial charge on any atom is -0.264 e. The fourth-order valence-electron chi connectivity index (χ4n) is 0. The van der Waals surface area contributed by atoms with Crippen LogP contribution in [0.3, 0.4) is 0 Å². The topological polar surface area (TPSA) is 74.6 Å². The van der Waals surface area contributed by atoms with Gasteiger partial charge in [0, 0.05) is 103 Å². The monoisotopic (exact) mass is 176 g/mol. The van der Waals surface area contributed by atoms with Crippen molar-refractivity contribution < 1.29 is 17.5 Å². The smallest absolute Gasteiger partial charge is 0.264 e. The maximum Gasteiger partial charge on any atom is 0.394 e. The Morgan fingerprint density at radius 1 is 1.00 bits per heavy atom. The molecule has 0 spiro atoms. The van der Waals surface area contributed by atoms with Crippen molar-refractivity contribution in [2.24, 2.45) is 0 Å². The fraction of sp³-hybridized carbons (Fsp3) is 0. The van der Waals surface area contributed by atoms with E-state index < -0.39 is 10.4 Å². The molecule has 0 aromatic rings. The summed E-state index contributed by atoms with van der Waals surface area (Å²) in [5.41, 5.74) is 0. The molecular formula is H2K2O4S. The molecule has 2 N–H and O–H groups in total. The summed E-state index contributed by atoms with van der Waals surface area (Å²) < 4.78 is 31.6. The third-order valence-corrected chi connectivity index (χ3v) is 0. The Balaban J connectivity index is -0.0000000800. The molecular weight excluding hydrogens is 174 g/mol.